The van der Waals surface area contributed by atoms with Crippen LogP contribution >= 0.6 is 0 Å². The van der Waals surface area contributed by atoms with E-state index in [0.717, 1.165) is 36.9 Å². The van der Waals surface area contributed by atoms with Crippen molar-refractivity contribution in [2.45, 2.75) is 46.0 Å². The van der Waals surface area contributed by atoms with Crippen LogP contribution < -0.4 is 15.4 Å². The van der Waals surface area contributed by atoms with E-state index in [4.69, 9.17) is 4.74 Å². The molecule has 1 aromatic carbocycles. The van der Waals surface area contributed by atoms with Crippen molar-refractivity contribution >= 4 is 40.3 Å². The molecule has 10 nitrogen and oxygen atoms in total. The molecule has 1 aliphatic rings. The van der Waals surface area contributed by atoms with Crippen molar-refractivity contribution in [3.63, 3.8) is 0 Å². The number of anilines is 2. The fourth-order valence-electron chi connectivity index (χ4n) is 4.23. The Morgan fingerprint density at radius 2 is 1.92 bits per heavy atom. The number of carbonyl (C=O) groups is 1. The van der Waals surface area contributed by atoms with Gasteiger partial charge < -0.3 is 30.4 Å². The molecule has 0 radical (unpaired) electrons. The maximum atomic E-state index is 12.5. The van der Waals surface area contributed by atoms with Crippen molar-refractivity contribution in [2.24, 2.45) is 4.99 Å². The lowest BCUT2D eigenvalue weighted by Gasteiger charge is -2.18. The Labute approximate surface area is 212 Å². The smallest absolute Gasteiger partial charge is 0.222 e. The topological polar surface area (TPSA) is 128 Å². The number of nitrogens with zero attached hydrogens (tertiary/aromatic N) is 4. The molecule has 0 atom stereocenters. The molecule has 36 heavy (non-hydrogen) atoms. The molecule has 1 aliphatic heterocycles. The normalized spacial score (nSPS) is 14.8. The molecule has 4 rings (SSSR count). The summed E-state index contributed by atoms with van der Waals surface area (Å²) in [6.45, 7) is 5.06. The molecule has 2 bridgehead atoms. The molecule has 0 saturated heterocycles. The van der Waals surface area contributed by atoms with E-state index in [1.807, 2.05) is 40.1 Å². The van der Waals surface area contributed by atoms with Gasteiger partial charge >= 0.3 is 0 Å². The number of ether oxygens (including phenoxy) is 1. The molecule has 4 N–H and O–H groups in total. The number of rotatable bonds is 2. The fourth-order valence-corrected chi connectivity index (χ4v) is 4.23. The van der Waals surface area contributed by atoms with Crippen molar-refractivity contribution in [3.8, 4) is 11.6 Å². The number of aromatic amines is 1. The Hall–Kier alpha value is -3.82. The summed E-state index contributed by atoms with van der Waals surface area (Å²) in [4.78, 5) is 30.4. The number of aryl methyl sites for hydroxylation is 1. The van der Waals surface area contributed by atoms with E-state index in [0.29, 0.717) is 53.4 Å². The highest BCUT2D eigenvalue weighted by Gasteiger charge is 2.17. The first-order valence-corrected chi connectivity index (χ1v) is 12.5. The molecule has 0 fully saturated rings. The van der Waals surface area contributed by atoms with Crippen LogP contribution in [0.4, 0.5) is 17.2 Å². The van der Waals surface area contributed by atoms with Crippen LogP contribution in [0.1, 0.15) is 50.7 Å². The third-order valence-corrected chi connectivity index (χ3v) is 6.09. The maximum Gasteiger partial charge on any atom is 0.222 e. The van der Waals surface area contributed by atoms with Crippen molar-refractivity contribution in [3.05, 3.63) is 29.6 Å². The van der Waals surface area contributed by atoms with Gasteiger partial charge in [-0.05, 0) is 30.9 Å². The number of methoxy groups -OCH3 is 1. The highest BCUT2D eigenvalue weighted by atomic mass is 16.5. The monoisotopic (exact) mass is 495 g/mol. The summed E-state index contributed by atoms with van der Waals surface area (Å²) in [6, 6.07) is 3.88. The second-order valence-electron chi connectivity index (χ2n) is 8.33. The minimum absolute atomic E-state index is 0.0389. The van der Waals surface area contributed by atoms with Gasteiger partial charge in [0.2, 0.25) is 5.91 Å². The molecule has 0 unspecified atom stereocenters. The zero-order chi connectivity index (χ0) is 26.1. The summed E-state index contributed by atoms with van der Waals surface area (Å²) in [5, 5.41) is 17.7. The van der Waals surface area contributed by atoms with E-state index in [1.165, 1.54) is 6.33 Å². The number of nitrogens with one attached hydrogen (secondary N) is 3. The predicted molar refractivity (Wildman–Crippen MR) is 145 cm³/mol. The molecule has 194 valence electrons. The summed E-state index contributed by atoms with van der Waals surface area (Å²) >= 11 is 0. The average molecular weight is 496 g/mol. The Morgan fingerprint density at radius 3 is 2.67 bits per heavy atom. The van der Waals surface area contributed by atoms with Crippen LogP contribution in [-0.2, 0) is 11.2 Å². The summed E-state index contributed by atoms with van der Waals surface area (Å²) < 4.78 is 5.61. The van der Waals surface area contributed by atoms with Gasteiger partial charge in [0.15, 0.2) is 5.88 Å². The maximum absolute atomic E-state index is 12.5. The Bertz CT molecular complexity index is 1210. The van der Waals surface area contributed by atoms with E-state index < -0.39 is 0 Å². The number of aromatic hydroxyl groups is 1. The minimum atomic E-state index is -0.0389. The largest absolute Gasteiger partial charge is 0.495 e. The van der Waals surface area contributed by atoms with Gasteiger partial charge in [-0.1, -0.05) is 20.3 Å². The lowest BCUT2D eigenvalue weighted by molar-refractivity contribution is -0.129. The van der Waals surface area contributed by atoms with Crippen LogP contribution in [0.25, 0.3) is 11.0 Å². The first kappa shape index (κ1) is 26.8. The zero-order valence-corrected chi connectivity index (χ0v) is 21.8. The highest BCUT2D eigenvalue weighted by Crippen LogP contribution is 2.35. The van der Waals surface area contributed by atoms with Crippen LogP contribution in [0, 0.1) is 0 Å². The van der Waals surface area contributed by atoms with Crippen LogP contribution in [0.2, 0.25) is 0 Å². The molecule has 0 saturated carbocycles. The number of hydrogen-bond donors (Lipinski definition) is 4. The summed E-state index contributed by atoms with van der Waals surface area (Å²) in [5.41, 5.74) is 3.72. The predicted octanol–water partition coefficient (Wildman–Crippen LogP) is 4.48. The van der Waals surface area contributed by atoms with Gasteiger partial charge in [-0.2, -0.15) is 0 Å². The van der Waals surface area contributed by atoms with Crippen molar-refractivity contribution in [1.29, 1.82) is 0 Å². The van der Waals surface area contributed by atoms with Gasteiger partial charge in [0.05, 0.1) is 29.4 Å². The van der Waals surface area contributed by atoms with Crippen molar-refractivity contribution in [1.82, 2.24) is 19.9 Å². The van der Waals surface area contributed by atoms with Crippen LogP contribution in [0.15, 0.2) is 23.5 Å². The van der Waals surface area contributed by atoms with Gasteiger partial charge in [0.1, 0.15) is 23.5 Å². The third kappa shape index (κ3) is 6.05. The van der Waals surface area contributed by atoms with Gasteiger partial charge in [-0.25, -0.2) is 9.97 Å². The standard InChI is InChI=1S/C24H31N7O3.C2H6/c1-25-21-15-7-5-4-6-8-19(32)31(2)10-9-26-22-20-17(24(33)30-23(20)29-14-28-22)13-27-16(11-15)12-18(21)34-3;1-2/h11-14,25,33H,4-10H2,1-3H3,(H2,26,28,29,30);1-2H3. The number of aromatic nitrogens is 3. The van der Waals surface area contributed by atoms with Crippen molar-refractivity contribution in [2.75, 3.05) is 44.9 Å². The molecule has 3 aromatic rings. The SMILES string of the molecule is CC.CNc1c2cc(cc1OC)N=Cc1c(O)[nH]c3ncnc(c13)NCCN(C)C(=O)CCCCC2. The van der Waals surface area contributed by atoms with E-state index in [2.05, 4.69) is 30.6 Å². The van der Waals surface area contributed by atoms with Crippen molar-refractivity contribution < 1.29 is 14.6 Å². The number of benzene rings is 1. The number of H-pyrrole nitrogens is 1. The fraction of sp³-hybridized carbons (Fsp3) is 0.462. The van der Waals surface area contributed by atoms with Crippen LogP contribution in [0.3, 0.4) is 0 Å². The number of aliphatic imine (C=N–C) groups is 1. The first-order chi connectivity index (χ1) is 17.5. The Balaban J connectivity index is 0.00000176. The molecule has 0 aliphatic carbocycles. The number of fused-ring (bicyclic) bond motifs is 2. The highest BCUT2D eigenvalue weighted by molar-refractivity contribution is 6.06. The van der Waals surface area contributed by atoms with E-state index in [1.54, 1.807) is 18.2 Å². The zero-order valence-electron chi connectivity index (χ0n) is 21.8. The molecule has 3 heterocycles. The Morgan fingerprint density at radius 1 is 1.14 bits per heavy atom. The van der Waals surface area contributed by atoms with E-state index in [9.17, 15) is 9.90 Å². The molecular formula is C26H37N7O3. The lowest BCUT2D eigenvalue weighted by atomic mass is 10.0. The average Bonchev–Trinajstić information content (AvgIpc) is 3.22. The van der Waals surface area contributed by atoms with E-state index >= 15 is 0 Å². The summed E-state index contributed by atoms with van der Waals surface area (Å²) in [7, 11) is 5.32. The van der Waals surface area contributed by atoms with Crippen LogP contribution in [-0.4, -0.2) is 71.4 Å². The number of carbonyl (C=O) groups excluding carboxylic acids is 1. The number of hydrogen-bond acceptors (Lipinski definition) is 8. The second kappa shape index (κ2) is 12.8. The Kier molecular flexibility index (Phi) is 9.49. The molecular weight excluding hydrogens is 458 g/mol. The quantitative estimate of drug-likeness (QED) is 0.413. The number of likely N-dealkylation sites (N-methyl/N-ethyl adjacent to an activating group) is 1. The minimum Gasteiger partial charge on any atom is -0.495 e. The summed E-state index contributed by atoms with van der Waals surface area (Å²) in [5.74, 6) is 1.35. The summed E-state index contributed by atoms with van der Waals surface area (Å²) in [6.07, 6.45) is 7.15. The van der Waals surface area contributed by atoms with Gasteiger partial charge in [0, 0.05) is 45.9 Å². The van der Waals surface area contributed by atoms with Crippen LogP contribution in [0.5, 0.6) is 11.6 Å². The molecule has 10 heteroatoms. The van der Waals surface area contributed by atoms with Gasteiger partial charge in [-0.3, -0.25) is 9.79 Å². The molecule has 1 amide bonds. The van der Waals surface area contributed by atoms with Gasteiger partial charge in [-0.15, -0.1) is 0 Å². The lowest BCUT2D eigenvalue weighted by Crippen LogP contribution is -2.31. The van der Waals surface area contributed by atoms with E-state index in [-0.39, 0.29) is 11.8 Å². The van der Waals surface area contributed by atoms with Gasteiger partial charge in [0.25, 0.3) is 0 Å². The first-order valence-electron chi connectivity index (χ1n) is 12.5. The second-order valence-corrected chi connectivity index (χ2v) is 8.33. The molecule has 2 aromatic heterocycles. The third-order valence-electron chi connectivity index (χ3n) is 6.09. The number of amides is 1. The molecule has 0 spiro atoms.